The van der Waals surface area contributed by atoms with Gasteiger partial charge in [0.15, 0.2) is 0 Å². The molecular formula is C26H36N6O3. The normalized spacial score (nSPS) is 21.8. The Kier molecular flexibility index (Phi) is 7.57. The third-order valence-electron chi connectivity index (χ3n) is 7.11. The molecule has 0 spiro atoms. The molecule has 1 aromatic carbocycles. The molecule has 1 aliphatic carbocycles. The van der Waals surface area contributed by atoms with Gasteiger partial charge < -0.3 is 26.0 Å². The number of hydrogen-bond donors (Lipinski definition) is 2. The lowest BCUT2D eigenvalue weighted by Gasteiger charge is -2.24. The number of primary amides is 1. The predicted molar refractivity (Wildman–Crippen MR) is 135 cm³/mol. The lowest BCUT2D eigenvalue weighted by molar-refractivity contribution is -0.127. The van der Waals surface area contributed by atoms with Crippen molar-refractivity contribution in [3.63, 3.8) is 0 Å². The largest absolute Gasteiger partial charge is 0.383 e. The second-order valence-corrected chi connectivity index (χ2v) is 9.78. The minimum absolute atomic E-state index is 0.0625. The Labute approximate surface area is 206 Å². The first-order valence-electron chi connectivity index (χ1n) is 12.2. The Morgan fingerprint density at radius 2 is 2.03 bits per heavy atom. The van der Waals surface area contributed by atoms with Gasteiger partial charge in [-0.3, -0.25) is 9.59 Å². The number of likely N-dealkylation sites (tertiary alicyclic amines) is 1. The van der Waals surface area contributed by atoms with Gasteiger partial charge in [-0.1, -0.05) is 30.8 Å². The maximum Gasteiger partial charge on any atom is 0.254 e. The third-order valence-corrected chi connectivity index (χ3v) is 7.11. The lowest BCUT2D eigenvalue weighted by atomic mass is 9.81. The van der Waals surface area contributed by atoms with Crippen LogP contribution in [0.5, 0.6) is 0 Å². The van der Waals surface area contributed by atoms with E-state index in [0.717, 1.165) is 25.8 Å². The van der Waals surface area contributed by atoms with Crippen molar-refractivity contribution in [2.75, 3.05) is 39.5 Å². The molecule has 2 amide bonds. The van der Waals surface area contributed by atoms with E-state index >= 15 is 0 Å². The van der Waals surface area contributed by atoms with E-state index in [1.807, 2.05) is 20.2 Å². The number of nitrogens with zero attached hydrogens (tertiary/aromatic N) is 4. The number of ether oxygens (including phenoxy) is 1. The zero-order valence-electron chi connectivity index (χ0n) is 20.7. The number of aromatic nitrogens is 2. The Balaban J connectivity index is 1.56. The molecule has 35 heavy (non-hydrogen) atoms. The van der Waals surface area contributed by atoms with Gasteiger partial charge in [0, 0.05) is 19.0 Å². The summed E-state index contributed by atoms with van der Waals surface area (Å²) in [6, 6.07) is 8.18. The van der Waals surface area contributed by atoms with Gasteiger partial charge in [0.1, 0.15) is 11.4 Å². The van der Waals surface area contributed by atoms with Gasteiger partial charge in [-0.15, -0.1) is 0 Å². The molecule has 4 N–H and O–H groups in total. The van der Waals surface area contributed by atoms with Gasteiger partial charge in [-0.2, -0.15) is 5.10 Å². The fourth-order valence-corrected chi connectivity index (χ4v) is 5.26. The van der Waals surface area contributed by atoms with Gasteiger partial charge >= 0.3 is 0 Å². The fraction of sp³-hybridized carbons (Fsp3) is 0.500. The monoisotopic (exact) mass is 480 g/mol. The molecule has 0 saturated carbocycles. The van der Waals surface area contributed by atoms with Crippen LogP contribution >= 0.6 is 0 Å². The number of benzene rings is 1. The molecule has 2 heterocycles. The van der Waals surface area contributed by atoms with Gasteiger partial charge in [0.05, 0.1) is 31.0 Å². The molecule has 0 radical (unpaired) electrons. The van der Waals surface area contributed by atoms with Crippen LogP contribution in [-0.4, -0.2) is 77.3 Å². The highest BCUT2D eigenvalue weighted by Crippen LogP contribution is 2.35. The van der Waals surface area contributed by atoms with E-state index in [-0.39, 0.29) is 29.8 Å². The number of fused-ring (bicyclic) bond motifs is 1. The average molecular weight is 481 g/mol. The maximum absolute atomic E-state index is 12.6. The predicted octanol–water partition coefficient (Wildman–Crippen LogP) is 1.57. The number of likely N-dealkylation sites (N-methyl/N-ethyl adjacent to an activating group) is 1. The Morgan fingerprint density at radius 3 is 2.71 bits per heavy atom. The van der Waals surface area contributed by atoms with Crippen LogP contribution in [0.25, 0.3) is 0 Å². The summed E-state index contributed by atoms with van der Waals surface area (Å²) in [5, 5.41) is 4.80. The van der Waals surface area contributed by atoms with Crippen molar-refractivity contribution < 1.29 is 14.3 Å². The van der Waals surface area contributed by atoms with Gasteiger partial charge in [-0.25, -0.2) is 4.68 Å². The molecular weight excluding hydrogens is 444 g/mol. The van der Waals surface area contributed by atoms with Crippen molar-refractivity contribution in [3.8, 4) is 0 Å². The van der Waals surface area contributed by atoms with E-state index in [2.05, 4.69) is 29.7 Å². The molecule has 2 aromatic rings. The van der Waals surface area contributed by atoms with Crippen LogP contribution in [-0.2, 0) is 28.9 Å². The fourth-order valence-electron chi connectivity index (χ4n) is 5.26. The summed E-state index contributed by atoms with van der Waals surface area (Å²) < 4.78 is 7.67. The minimum Gasteiger partial charge on any atom is -0.383 e. The number of rotatable bonds is 9. The molecule has 1 aliphatic heterocycles. The summed E-state index contributed by atoms with van der Waals surface area (Å²) in [6.45, 7) is 5.89. The topological polar surface area (TPSA) is 120 Å². The van der Waals surface area contributed by atoms with Crippen molar-refractivity contribution in [2.45, 2.75) is 50.3 Å². The summed E-state index contributed by atoms with van der Waals surface area (Å²) in [4.78, 5) is 28.8. The number of anilines is 1. The van der Waals surface area contributed by atoms with Crippen molar-refractivity contribution in [1.29, 1.82) is 0 Å². The first-order valence-corrected chi connectivity index (χ1v) is 12.2. The van der Waals surface area contributed by atoms with Gasteiger partial charge in [0.25, 0.3) is 5.91 Å². The van der Waals surface area contributed by atoms with Crippen molar-refractivity contribution in [3.05, 3.63) is 59.3 Å². The number of amides is 2. The highest BCUT2D eigenvalue weighted by Gasteiger charge is 2.37. The summed E-state index contributed by atoms with van der Waals surface area (Å²) in [6.07, 6.45) is 4.48. The van der Waals surface area contributed by atoms with E-state index in [0.29, 0.717) is 37.4 Å². The molecule has 4 rings (SSSR count). The Hall–Kier alpha value is -3.17. The van der Waals surface area contributed by atoms with E-state index in [1.54, 1.807) is 9.58 Å². The van der Waals surface area contributed by atoms with E-state index in [4.69, 9.17) is 21.3 Å². The summed E-state index contributed by atoms with van der Waals surface area (Å²) in [7, 11) is 3.99. The number of carbonyl (C=O) groups is 2. The number of carbonyl (C=O) groups excluding carboxylic acids is 2. The minimum atomic E-state index is -0.571. The second kappa shape index (κ2) is 10.6. The summed E-state index contributed by atoms with van der Waals surface area (Å²) >= 11 is 0. The van der Waals surface area contributed by atoms with E-state index < -0.39 is 5.91 Å². The second-order valence-electron chi connectivity index (χ2n) is 9.78. The number of hydrogen-bond acceptors (Lipinski definition) is 6. The maximum atomic E-state index is 12.6. The molecule has 9 nitrogen and oxygen atoms in total. The highest BCUT2D eigenvalue weighted by atomic mass is 16.5. The first kappa shape index (κ1) is 24.9. The molecule has 188 valence electrons. The van der Waals surface area contributed by atoms with Crippen LogP contribution < -0.4 is 11.5 Å². The third kappa shape index (κ3) is 5.41. The van der Waals surface area contributed by atoms with E-state index in [1.165, 1.54) is 17.2 Å². The van der Waals surface area contributed by atoms with Crippen LogP contribution in [0.3, 0.4) is 0 Å². The van der Waals surface area contributed by atoms with Crippen LogP contribution in [0.4, 0.5) is 5.82 Å². The quantitative estimate of drug-likeness (QED) is 0.526. The molecule has 1 saturated heterocycles. The SMILES string of the molecule is C=CC(=O)N1C[C@H](OCCN(C)C)C[C@H]1Cn1nc(C2CCc3ccccc3C2)c(C(N)=O)c1N. The molecule has 1 aromatic heterocycles. The van der Waals surface area contributed by atoms with E-state index in [9.17, 15) is 9.59 Å². The van der Waals surface area contributed by atoms with Crippen LogP contribution in [0.2, 0.25) is 0 Å². The molecule has 9 heteroatoms. The number of nitrogen functional groups attached to an aromatic ring is 1. The first-order chi connectivity index (χ1) is 16.8. The summed E-state index contributed by atoms with van der Waals surface area (Å²) in [5.41, 5.74) is 15.7. The highest BCUT2D eigenvalue weighted by molar-refractivity contribution is 5.98. The number of nitrogens with two attached hydrogens (primary N) is 2. The molecule has 1 unspecified atom stereocenters. The molecule has 1 fully saturated rings. The summed E-state index contributed by atoms with van der Waals surface area (Å²) in [5.74, 6) is -0.404. The van der Waals surface area contributed by atoms with Gasteiger partial charge in [-0.05, 0) is 57.0 Å². The Morgan fingerprint density at radius 1 is 1.29 bits per heavy atom. The van der Waals surface area contributed by atoms with Crippen LogP contribution in [0.1, 0.15) is 45.9 Å². The zero-order valence-corrected chi connectivity index (χ0v) is 20.7. The molecule has 0 bridgehead atoms. The zero-order chi connectivity index (χ0) is 25.1. The van der Waals surface area contributed by atoms with Crippen LogP contribution in [0, 0.1) is 0 Å². The van der Waals surface area contributed by atoms with Crippen LogP contribution in [0.15, 0.2) is 36.9 Å². The lowest BCUT2D eigenvalue weighted by Crippen LogP contribution is -2.37. The average Bonchev–Trinajstić information content (AvgIpc) is 3.39. The molecule has 2 aliphatic rings. The Bertz CT molecular complexity index is 1090. The smallest absolute Gasteiger partial charge is 0.254 e. The number of aryl methyl sites for hydroxylation is 1. The molecule has 3 atom stereocenters. The van der Waals surface area contributed by atoms with Crippen molar-refractivity contribution >= 4 is 17.6 Å². The van der Waals surface area contributed by atoms with Crippen molar-refractivity contribution in [1.82, 2.24) is 19.6 Å². The standard InChI is InChI=1S/C26H36N6O3/c1-4-22(33)31-16-21(35-12-11-30(2)3)14-20(31)15-32-25(27)23(26(28)34)24(29-32)19-10-9-17-7-5-6-8-18(17)13-19/h4-8,19-21H,1,9-16,27H2,2-3H3,(H2,28,34)/t19?,20-,21+/m0/s1. The van der Waals surface area contributed by atoms with Gasteiger partial charge in [0.2, 0.25) is 5.91 Å². The van der Waals surface area contributed by atoms with Crippen molar-refractivity contribution in [2.24, 2.45) is 5.73 Å².